The zero-order valence-corrected chi connectivity index (χ0v) is 15.1. The Bertz CT molecular complexity index is 1010. The van der Waals surface area contributed by atoms with Gasteiger partial charge in [-0.1, -0.05) is 48.5 Å². The molecule has 0 radical (unpaired) electrons. The first-order valence-electron chi connectivity index (χ1n) is 9.06. The topological polar surface area (TPSA) is 61.4 Å². The van der Waals surface area contributed by atoms with Crippen LogP contribution in [0.2, 0.25) is 0 Å². The number of amides is 2. The minimum atomic E-state index is -0.213. The molecule has 3 aromatic carbocycles. The molecular formula is C22H21N3O2. The summed E-state index contributed by atoms with van der Waals surface area (Å²) in [6, 6.07) is 21.3. The number of rotatable bonds is 3. The SMILES string of the molecule is C[C@H]1CC(=O)Nc2ccccc2N1C(=O)CNc1cccc2ccccc12. The second-order valence-corrected chi connectivity index (χ2v) is 6.76. The zero-order chi connectivity index (χ0) is 18.8. The van der Waals surface area contributed by atoms with Gasteiger partial charge in [0.05, 0.1) is 17.9 Å². The van der Waals surface area contributed by atoms with Crippen molar-refractivity contribution in [2.75, 3.05) is 22.1 Å². The molecule has 0 unspecified atom stereocenters. The molecule has 5 nitrogen and oxygen atoms in total. The fourth-order valence-corrected chi connectivity index (χ4v) is 3.60. The molecule has 0 fully saturated rings. The summed E-state index contributed by atoms with van der Waals surface area (Å²) in [5.41, 5.74) is 2.33. The minimum absolute atomic E-state index is 0.0700. The van der Waals surface area contributed by atoms with E-state index in [2.05, 4.69) is 10.6 Å². The van der Waals surface area contributed by atoms with Crippen molar-refractivity contribution in [3.63, 3.8) is 0 Å². The van der Waals surface area contributed by atoms with Crippen molar-refractivity contribution < 1.29 is 9.59 Å². The number of benzene rings is 3. The Morgan fingerprint density at radius 2 is 1.81 bits per heavy atom. The Morgan fingerprint density at radius 1 is 1.07 bits per heavy atom. The lowest BCUT2D eigenvalue weighted by atomic mass is 10.1. The van der Waals surface area contributed by atoms with Crippen LogP contribution in [0, 0.1) is 0 Å². The van der Waals surface area contributed by atoms with Crippen molar-refractivity contribution in [3.8, 4) is 0 Å². The van der Waals surface area contributed by atoms with Gasteiger partial charge in [-0.05, 0) is 30.5 Å². The van der Waals surface area contributed by atoms with Gasteiger partial charge in [0.25, 0.3) is 0 Å². The third kappa shape index (κ3) is 3.36. The van der Waals surface area contributed by atoms with Crippen LogP contribution in [0.5, 0.6) is 0 Å². The van der Waals surface area contributed by atoms with Gasteiger partial charge in [0, 0.05) is 23.5 Å². The largest absolute Gasteiger partial charge is 0.376 e. The number of para-hydroxylation sites is 2. The molecule has 1 aliphatic heterocycles. The molecule has 0 aliphatic carbocycles. The van der Waals surface area contributed by atoms with Crippen LogP contribution >= 0.6 is 0 Å². The molecule has 3 aromatic rings. The maximum absolute atomic E-state index is 13.1. The Labute approximate surface area is 158 Å². The van der Waals surface area contributed by atoms with Crippen molar-refractivity contribution in [3.05, 3.63) is 66.7 Å². The Morgan fingerprint density at radius 3 is 2.70 bits per heavy atom. The highest BCUT2D eigenvalue weighted by Crippen LogP contribution is 2.31. The molecular weight excluding hydrogens is 338 g/mol. The van der Waals surface area contributed by atoms with Gasteiger partial charge in [-0.3, -0.25) is 9.59 Å². The predicted octanol–water partition coefficient (Wildman–Crippen LogP) is 4.02. The van der Waals surface area contributed by atoms with Gasteiger partial charge in [0.1, 0.15) is 0 Å². The van der Waals surface area contributed by atoms with Crippen LogP contribution < -0.4 is 15.5 Å². The highest BCUT2D eigenvalue weighted by Gasteiger charge is 2.29. The minimum Gasteiger partial charge on any atom is -0.376 e. The van der Waals surface area contributed by atoms with E-state index in [0.717, 1.165) is 22.1 Å². The van der Waals surface area contributed by atoms with Gasteiger partial charge in [-0.15, -0.1) is 0 Å². The molecule has 1 atom stereocenters. The molecule has 1 aliphatic rings. The van der Waals surface area contributed by atoms with Crippen molar-refractivity contribution >= 4 is 39.6 Å². The summed E-state index contributed by atoms with van der Waals surface area (Å²) in [7, 11) is 0. The van der Waals surface area contributed by atoms with Gasteiger partial charge in [0.2, 0.25) is 11.8 Å². The van der Waals surface area contributed by atoms with Crippen molar-refractivity contribution in [1.82, 2.24) is 0 Å². The molecule has 1 heterocycles. The molecule has 5 heteroatoms. The van der Waals surface area contributed by atoms with E-state index in [1.165, 1.54) is 0 Å². The maximum atomic E-state index is 13.1. The average Bonchev–Trinajstić information content (AvgIpc) is 2.80. The van der Waals surface area contributed by atoms with Crippen LogP contribution in [-0.2, 0) is 9.59 Å². The van der Waals surface area contributed by atoms with E-state index in [1.54, 1.807) is 4.90 Å². The van der Waals surface area contributed by atoms with E-state index in [4.69, 9.17) is 0 Å². The molecule has 2 N–H and O–H groups in total. The van der Waals surface area contributed by atoms with Crippen LogP contribution in [0.4, 0.5) is 17.1 Å². The number of carbonyl (C=O) groups is 2. The summed E-state index contributed by atoms with van der Waals surface area (Å²) in [6.07, 6.45) is 0.273. The molecule has 0 saturated heterocycles. The Kier molecular flexibility index (Phi) is 4.50. The number of nitrogens with one attached hydrogen (secondary N) is 2. The lowest BCUT2D eigenvalue weighted by Crippen LogP contribution is -2.42. The summed E-state index contributed by atoms with van der Waals surface area (Å²) >= 11 is 0. The van der Waals surface area contributed by atoms with Crippen molar-refractivity contribution in [1.29, 1.82) is 0 Å². The van der Waals surface area contributed by atoms with Crippen molar-refractivity contribution in [2.24, 2.45) is 0 Å². The van der Waals surface area contributed by atoms with Crippen LogP contribution in [0.25, 0.3) is 10.8 Å². The van der Waals surface area contributed by atoms with Gasteiger partial charge in [0.15, 0.2) is 0 Å². The second kappa shape index (κ2) is 7.11. The number of fused-ring (bicyclic) bond motifs is 2. The third-order valence-electron chi connectivity index (χ3n) is 4.85. The summed E-state index contributed by atoms with van der Waals surface area (Å²) in [6.45, 7) is 2.05. The first-order valence-corrected chi connectivity index (χ1v) is 9.06. The number of carbonyl (C=O) groups excluding carboxylic acids is 2. The van der Waals surface area contributed by atoms with Crippen LogP contribution in [0.15, 0.2) is 66.7 Å². The highest BCUT2D eigenvalue weighted by atomic mass is 16.2. The van der Waals surface area contributed by atoms with E-state index in [9.17, 15) is 9.59 Å². The second-order valence-electron chi connectivity index (χ2n) is 6.76. The van der Waals surface area contributed by atoms with Crippen LogP contribution in [-0.4, -0.2) is 24.4 Å². The molecule has 27 heavy (non-hydrogen) atoms. The average molecular weight is 359 g/mol. The van der Waals surface area contributed by atoms with Crippen LogP contribution in [0.3, 0.4) is 0 Å². The number of anilines is 3. The van der Waals surface area contributed by atoms with E-state index >= 15 is 0 Å². The Balaban J connectivity index is 1.59. The van der Waals surface area contributed by atoms with Gasteiger partial charge >= 0.3 is 0 Å². The summed E-state index contributed by atoms with van der Waals surface area (Å²) in [4.78, 5) is 26.9. The van der Waals surface area contributed by atoms with E-state index in [1.807, 2.05) is 73.7 Å². The molecule has 136 valence electrons. The van der Waals surface area contributed by atoms with Gasteiger partial charge in [-0.25, -0.2) is 0 Å². The lowest BCUT2D eigenvalue weighted by molar-refractivity contribution is -0.118. The van der Waals surface area contributed by atoms with E-state index in [-0.39, 0.29) is 30.8 Å². The lowest BCUT2D eigenvalue weighted by Gasteiger charge is -2.28. The fraction of sp³-hybridized carbons (Fsp3) is 0.182. The van der Waals surface area contributed by atoms with E-state index in [0.29, 0.717) is 5.69 Å². The molecule has 0 saturated carbocycles. The number of nitrogens with zero attached hydrogens (tertiary/aromatic N) is 1. The highest BCUT2D eigenvalue weighted by molar-refractivity contribution is 6.06. The quantitative estimate of drug-likeness (QED) is 0.743. The molecule has 0 spiro atoms. The number of hydrogen-bond acceptors (Lipinski definition) is 3. The third-order valence-corrected chi connectivity index (χ3v) is 4.85. The smallest absolute Gasteiger partial charge is 0.246 e. The molecule has 0 bridgehead atoms. The normalized spacial score (nSPS) is 16.4. The monoisotopic (exact) mass is 359 g/mol. The first-order chi connectivity index (χ1) is 13.1. The summed E-state index contributed by atoms with van der Waals surface area (Å²) in [5.74, 6) is -0.147. The first kappa shape index (κ1) is 17.1. The predicted molar refractivity (Wildman–Crippen MR) is 109 cm³/mol. The summed E-state index contributed by atoms with van der Waals surface area (Å²) < 4.78 is 0. The zero-order valence-electron chi connectivity index (χ0n) is 15.1. The van der Waals surface area contributed by atoms with Crippen LogP contribution in [0.1, 0.15) is 13.3 Å². The standard InChI is InChI=1S/C22H21N3O2/c1-15-13-21(26)24-19-10-4-5-12-20(19)25(15)22(27)14-23-18-11-6-8-16-7-2-3-9-17(16)18/h2-12,15,23H,13-14H2,1H3,(H,24,26)/t15-/m0/s1. The number of hydrogen-bond donors (Lipinski definition) is 2. The fourth-order valence-electron chi connectivity index (χ4n) is 3.60. The molecule has 4 rings (SSSR count). The summed E-state index contributed by atoms with van der Waals surface area (Å²) in [5, 5.41) is 8.35. The van der Waals surface area contributed by atoms with Gasteiger partial charge < -0.3 is 15.5 Å². The van der Waals surface area contributed by atoms with Crippen molar-refractivity contribution in [2.45, 2.75) is 19.4 Å². The maximum Gasteiger partial charge on any atom is 0.246 e. The molecule has 0 aromatic heterocycles. The Hall–Kier alpha value is -3.34. The van der Waals surface area contributed by atoms with Gasteiger partial charge in [-0.2, -0.15) is 0 Å². The molecule has 2 amide bonds. The van der Waals surface area contributed by atoms with E-state index < -0.39 is 0 Å².